The number of rotatable bonds is 6. The number of aromatic nitrogens is 3. The normalized spacial score (nSPS) is 10.9. The highest BCUT2D eigenvalue weighted by Gasteiger charge is 2.09. The lowest BCUT2D eigenvalue weighted by Crippen LogP contribution is -2.12. The Bertz CT molecular complexity index is 531. The predicted molar refractivity (Wildman–Crippen MR) is 77.9 cm³/mol. The van der Waals surface area contributed by atoms with Gasteiger partial charge in [0.1, 0.15) is 0 Å². The van der Waals surface area contributed by atoms with Crippen molar-refractivity contribution in [2.45, 2.75) is 40.3 Å². The Morgan fingerprint density at radius 3 is 2.84 bits per heavy atom. The van der Waals surface area contributed by atoms with Gasteiger partial charge < -0.3 is 5.32 Å². The molecule has 0 radical (unpaired) electrons. The quantitative estimate of drug-likeness (QED) is 0.866. The summed E-state index contributed by atoms with van der Waals surface area (Å²) in [6.07, 6.45) is 2.92. The van der Waals surface area contributed by atoms with Gasteiger partial charge in [0, 0.05) is 18.7 Å². The van der Waals surface area contributed by atoms with E-state index in [0.29, 0.717) is 0 Å². The summed E-state index contributed by atoms with van der Waals surface area (Å²) in [5.41, 5.74) is 4.90. The molecule has 0 atom stereocenters. The summed E-state index contributed by atoms with van der Waals surface area (Å²) in [6, 6.07) is 6.59. The summed E-state index contributed by atoms with van der Waals surface area (Å²) in [5.74, 6) is 0. The van der Waals surface area contributed by atoms with Crippen LogP contribution in [0.4, 0.5) is 0 Å². The van der Waals surface area contributed by atoms with Crippen LogP contribution in [0.5, 0.6) is 0 Å². The minimum atomic E-state index is 0.902. The van der Waals surface area contributed by atoms with Crippen molar-refractivity contribution < 1.29 is 0 Å². The minimum Gasteiger partial charge on any atom is -0.313 e. The van der Waals surface area contributed by atoms with Crippen LogP contribution >= 0.6 is 0 Å². The van der Waals surface area contributed by atoms with Gasteiger partial charge >= 0.3 is 0 Å². The molecule has 0 bridgehead atoms. The first kappa shape index (κ1) is 13.7. The number of nitrogens with zero attached hydrogens (tertiary/aromatic N) is 3. The van der Waals surface area contributed by atoms with E-state index in [1.165, 1.54) is 16.7 Å². The third-order valence-corrected chi connectivity index (χ3v) is 3.21. The highest BCUT2D eigenvalue weighted by Crippen LogP contribution is 2.24. The zero-order chi connectivity index (χ0) is 13.7. The molecule has 0 saturated heterocycles. The van der Waals surface area contributed by atoms with Gasteiger partial charge in [-0.25, -0.2) is 4.68 Å². The lowest BCUT2D eigenvalue weighted by molar-refractivity contribution is 0.584. The summed E-state index contributed by atoms with van der Waals surface area (Å²) in [6.45, 7) is 9.20. The molecule has 0 saturated carbocycles. The average molecular weight is 258 g/mol. The zero-order valence-electron chi connectivity index (χ0n) is 12.0. The summed E-state index contributed by atoms with van der Waals surface area (Å²) < 4.78 is 1.99. The first-order valence-corrected chi connectivity index (χ1v) is 6.95. The van der Waals surface area contributed by atoms with Gasteiger partial charge in [0.15, 0.2) is 0 Å². The van der Waals surface area contributed by atoms with Crippen molar-refractivity contribution in [2.75, 3.05) is 6.54 Å². The molecule has 19 heavy (non-hydrogen) atoms. The first-order chi connectivity index (χ1) is 9.26. The van der Waals surface area contributed by atoms with E-state index in [1.807, 2.05) is 10.9 Å². The second-order valence-corrected chi connectivity index (χ2v) is 4.77. The van der Waals surface area contributed by atoms with Gasteiger partial charge in [-0.3, -0.25) is 0 Å². The van der Waals surface area contributed by atoms with E-state index in [-0.39, 0.29) is 0 Å². The lowest BCUT2D eigenvalue weighted by atomic mass is 10.0. The monoisotopic (exact) mass is 258 g/mol. The van der Waals surface area contributed by atoms with E-state index >= 15 is 0 Å². The SMILES string of the molecule is CCCn1nncc1-c1cc(CNCC)ccc1C. The average Bonchev–Trinajstić information content (AvgIpc) is 2.86. The molecule has 0 aliphatic carbocycles. The van der Waals surface area contributed by atoms with Crippen molar-refractivity contribution in [1.29, 1.82) is 0 Å². The lowest BCUT2D eigenvalue weighted by Gasteiger charge is -2.10. The molecule has 2 rings (SSSR count). The molecule has 1 N–H and O–H groups in total. The van der Waals surface area contributed by atoms with E-state index in [1.54, 1.807) is 0 Å². The van der Waals surface area contributed by atoms with Crippen LogP contribution < -0.4 is 5.32 Å². The van der Waals surface area contributed by atoms with Crippen molar-refractivity contribution in [3.8, 4) is 11.3 Å². The Hall–Kier alpha value is -1.68. The largest absolute Gasteiger partial charge is 0.313 e. The van der Waals surface area contributed by atoms with Gasteiger partial charge in [0.25, 0.3) is 0 Å². The van der Waals surface area contributed by atoms with E-state index < -0.39 is 0 Å². The number of hydrogen-bond acceptors (Lipinski definition) is 3. The van der Waals surface area contributed by atoms with Crippen LogP contribution in [0.25, 0.3) is 11.3 Å². The Labute approximate surface area is 114 Å². The molecule has 0 fully saturated rings. The maximum atomic E-state index is 4.17. The maximum Gasteiger partial charge on any atom is 0.0888 e. The van der Waals surface area contributed by atoms with E-state index in [4.69, 9.17) is 0 Å². The number of benzene rings is 1. The van der Waals surface area contributed by atoms with Gasteiger partial charge in [0.2, 0.25) is 0 Å². The molecule has 4 heteroatoms. The second kappa shape index (κ2) is 6.48. The predicted octanol–water partition coefficient (Wildman–Crippen LogP) is 2.77. The van der Waals surface area contributed by atoms with Gasteiger partial charge in [-0.05, 0) is 37.1 Å². The fraction of sp³-hybridized carbons (Fsp3) is 0.467. The van der Waals surface area contributed by atoms with Crippen LogP contribution in [0.3, 0.4) is 0 Å². The summed E-state index contributed by atoms with van der Waals surface area (Å²) in [7, 11) is 0. The molecular weight excluding hydrogens is 236 g/mol. The number of nitrogens with one attached hydrogen (secondary N) is 1. The third-order valence-electron chi connectivity index (χ3n) is 3.21. The van der Waals surface area contributed by atoms with Crippen LogP contribution in [0.15, 0.2) is 24.4 Å². The fourth-order valence-corrected chi connectivity index (χ4v) is 2.17. The zero-order valence-corrected chi connectivity index (χ0v) is 12.0. The van der Waals surface area contributed by atoms with E-state index in [9.17, 15) is 0 Å². The van der Waals surface area contributed by atoms with Crippen molar-refractivity contribution in [3.63, 3.8) is 0 Å². The highest BCUT2D eigenvalue weighted by molar-refractivity contribution is 5.63. The Morgan fingerprint density at radius 2 is 2.11 bits per heavy atom. The molecule has 102 valence electrons. The second-order valence-electron chi connectivity index (χ2n) is 4.77. The van der Waals surface area contributed by atoms with Gasteiger partial charge in [0.05, 0.1) is 11.9 Å². The molecular formula is C15H22N4. The summed E-state index contributed by atoms with van der Waals surface area (Å²) in [5, 5.41) is 11.6. The van der Waals surface area contributed by atoms with Crippen molar-refractivity contribution in [2.24, 2.45) is 0 Å². The standard InChI is InChI=1S/C15H22N4/c1-4-8-19-15(11-17-18-19)14-9-13(10-16-5-2)7-6-12(14)3/h6-7,9,11,16H,4-5,8,10H2,1-3H3. The Morgan fingerprint density at radius 1 is 1.26 bits per heavy atom. The molecule has 0 spiro atoms. The van der Waals surface area contributed by atoms with Gasteiger partial charge in [-0.15, -0.1) is 5.10 Å². The van der Waals surface area contributed by atoms with Crippen molar-refractivity contribution >= 4 is 0 Å². The molecule has 1 heterocycles. The van der Waals surface area contributed by atoms with Crippen LogP contribution in [0, 0.1) is 6.92 Å². The van der Waals surface area contributed by atoms with Crippen LogP contribution in [-0.4, -0.2) is 21.5 Å². The smallest absolute Gasteiger partial charge is 0.0888 e. The van der Waals surface area contributed by atoms with Gasteiger partial charge in [-0.1, -0.05) is 31.2 Å². The van der Waals surface area contributed by atoms with Crippen molar-refractivity contribution in [3.05, 3.63) is 35.5 Å². The minimum absolute atomic E-state index is 0.902. The highest BCUT2D eigenvalue weighted by atomic mass is 15.4. The molecule has 0 aliphatic heterocycles. The first-order valence-electron chi connectivity index (χ1n) is 6.95. The number of hydrogen-bond donors (Lipinski definition) is 1. The van der Waals surface area contributed by atoms with Crippen LogP contribution in [0.2, 0.25) is 0 Å². The molecule has 0 amide bonds. The molecule has 4 nitrogen and oxygen atoms in total. The maximum absolute atomic E-state index is 4.17. The topological polar surface area (TPSA) is 42.7 Å². The Balaban J connectivity index is 2.34. The number of aryl methyl sites for hydroxylation is 2. The van der Waals surface area contributed by atoms with Gasteiger partial charge in [-0.2, -0.15) is 0 Å². The fourth-order valence-electron chi connectivity index (χ4n) is 2.17. The molecule has 1 aromatic heterocycles. The molecule has 0 unspecified atom stereocenters. The van der Waals surface area contributed by atoms with E-state index in [0.717, 1.165) is 31.7 Å². The van der Waals surface area contributed by atoms with E-state index in [2.05, 4.69) is 54.6 Å². The van der Waals surface area contributed by atoms with Crippen molar-refractivity contribution in [1.82, 2.24) is 20.3 Å². The molecule has 0 aliphatic rings. The molecule has 1 aromatic carbocycles. The molecule has 2 aromatic rings. The van der Waals surface area contributed by atoms with Crippen LogP contribution in [0.1, 0.15) is 31.4 Å². The third kappa shape index (κ3) is 3.20. The Kier molecular flexibility index (Phi) is 4.68. The summed E-state index contributed by atoms with van der Waals surface area (Å²) in [4.78, 5) is 0. The van der Waals surface area contributed by atoms with Crippen LogP contribution in [-0.2, 0) is 13.1 Å². The summed E-state index contributed by atoms with van der Waals surface area (Å²) >= 11 is 0.